The summed E-state index contributed by atoms with van der Waals surface area (Å²) in [5, 5.41) is 4.78. The third kappa shape index (κ3) is 3.07. The zero-order valence-corrected chi connectivity index (χ0v) is 17.6. The van der Waals surface area contributed by atoms with Crippen molar-refractivity contribution >= 4 is 55.4 Å². The van der Waals surface area contributed by atoms with Crippen LogP contribution in [0.15, 0.2) is 33.4 Å². The summed E-state index contributed by atoms with van der Waals surface area (Å²) in [6, 6.07) is 7.54. The number of benzene rings is 1. The van der Waals surface area contributed by atoms with E-state index in [0.717, 1.165) is 38.3 Å². The Morgan fingerprint density at radius 2 is 2.11 bits per heavy atom. The molecule has 3 aromatic heterocycles. The number of rotatable bonds is 4. The molecule has 0 aliphatic rings. The van der Waals surface area contributed by atoms with E-state index in [0.29, 0.717) is 28.9 Å². The molecule has 2 N–H and O–H groups in total. The Morgan fingerprint density at radius 1 is 1.33 bits per heavy atom. The predicted octanol–water partition coefficient (Wildman–Crippen LogP) is 5.26. The minimum Gasteiger partial charge on any atom is -0.448 e. The number of aryl methyl sites for hydroxylation is 3. The van der Waals surface area contributed by atoms with Gasteiger partial charge in [-0.3, -0.25) is 4.79 Å². The lowest BCUT2D eigenvalue weighted by Gasteiger charge is -2.07. The van der Waals surface area contributed by atoms with Crippen molar-refractivity contribution in [1.29, 1.82) is 0 Å². The topological polar surface area (TPSA) is 63.0 Å². The first-order valence-electron chi connectivity index (χ1n) is 8.66. The molecule has 0 bridgehead atoms. The van der Waals surface area contributed by atoms with Gasteiger partial charge in [-0.05, 0) is 53.4 Å². The largest absolute Gasteiger partial charge is 0.448 e. The van der Waals surface area contributed by atoms with Crippen LogP contribution in [0.4, 0.5) is 0 Å². The Hall–Kier alpha value is -2.18. The number of furan rings is 1. The molecule has 4 rings (SSSR count). The number of carbonyl (C=O) groups excluding carboxylic acids is 1. The summed E-state index contributed by atoms with van der Waals surface area (Å²) in [6.45, 7) is 4.62. The second-order valence-corrected chi connectivity index (χ2v) is 7.93. The number of amides is 1. The van der Waals surface area contributed by atoms with Crippen LogP contribution in [0.3, 0.4) is 0 Å². The second kappa shape index (κ2) is 6.77. The number of halogens is 2. The fraction of sp³-hybridized carbons (Fsp3) is 0.250. The summed E-state index contributed by atoms with van der Waals surface area (Å²) in [4.78, 5) is 16.0. The van der Waals surface area contributed by atoms with Gasteiger partial charge in [-0.1, -0.05) is 17.7 Å². The first-order chi connectivity index (χ1) is 12.9. The van der Waals surface area contributed by atoms with Crippen LogP contribution >= 0.6 is 27.5 Å². The maximum absolute atomic E-state index is 12.6. The number of hydrogen-bond acceptors (Lipinski definition) is 2. The van der Waals surface area contributed by atoms with Crippen molar-refractivity contribution in [2.45, 2.75) is 20.3 Å². The molecule has 0 atom stereocenters. The number of nitrogens with zero attached hydrogens (tertiary/aromatic N) is 1. The second-order valence-electron chi connectivity index (χ2n) is 6.74. The molecule has 1 amide bonds. The highest BCUT2D eigenvalue weighted by molar-refractivity contribution is 9.10. The van der Waals surface area contributed by atoms with Crippen LogP contribution in [-0.4, -0.2) is 22.0 Å². The molecule has 0 unspecified atom stereocenters. The van der Waals surface area contributed by atoms with Crippen molar-refractivity contribution in [1.82, 2.24) is 14.9 Å². The molecule has 0 fully saturated rings. The highest BCUT2D eigenvalue weighted by atomic mass is 79.9. The van der Waals surface area contributed by atoms with Gasteiger partial charge in [0.1, 0.15) is 5.69 Å². The Bertz CT molecular complexity index is 1190. The molecule has 3 heterocycles. The van der Waals surface area contributed by atoms with E-state index in [9.17, 15) is 4.79 Å². The monoisotopic (exact) mass is 447 g/mol. The van der Waals surface area contributed by atoms with Crippen molar-refractivity contribution in [2.75, 3.05) is 6.54 Å². The van der Waals surface area contributed by atoms with Gasteiger partial charge >= 0.3 is 0 Å². The molecule has 0 saturated heterocycles. The van der Waals surface area contributed by atoms with Crippen molar-refractivity contribution in [3.05, 3.63) is 56.5 Å². The third-order valence-electron chi connectivity index (χ3n) is 5.02. The van der Waals surface area contributed by atoms with Crippen molar-refractivity contribution in [2.24, 2.45) is 7.05 Å². The van der Waals surface area contributed by atoms with E-state index in [-0.39, 0.29) is 5.91 Å². The summed E-state index contributed by atoms with van der Waals surface area (Å²) in [5.41, 5.74) is 6.58. The summed E-state index contributed by atoms with van der Waals surface area (Å²) < 4.78 is 8.01. The standard InChI is InChI=1S/C20H19BrClN3O2/c1-10-4-5-13(22)18-12(11(2)24-19(10)18)6-7-23-20(26)15-8-16-14(25(15)3)9-17(21)27-16/h4-5,8-9,24H,6-7H2,1-3H3,(H,23,26). The average molecular weight is 449 g/mol. The van der Waals surface area contributed by atoms with Crippen LogP contribution in [0.1, 0.15) is 27.3 Å². The molecule has 4 aromatic rings. The molecular weight excluding hydrogens is 430 g/mol. The molecule has 1 aromatic carbocycles. The van der Waals surface area contributed by atoms with Crippen LogP contribution in [0.5, 0.6) is 0 Å². The SMILES string of the molecule is Cc1[nH]c2c(C)ccc(Cl)c2c1CCNC(=O)c1cc2oc(Br)cc2n1C. The molecule has 27 heavy (non-hydrogen) atoms. The van der Waals surface area contributed by atoms with E-state index in [2.05, 4.69) is 33.2 Å². The number of aromatic nitrogens is 2. The minimum absolute atomic E-state index is 0.125. The fourth-order valence-corrected chi connectivity index (χ4v) is 4.25. The first kappa shape index (κ1) is 18.2. The van der Waals surface area contributed by atoms with Crippen LogP contribution in [0.25, 0.3) is 22.0 Å². The maximum atomic E-state index is 12.6. The van der Waals surface area contributed by atoms with E-state index in [1.165, 1.54) is 0 Å². The van der Waals surface area contributed by atoms with Crippen LogP contribution < -0.4 is 5.32 Å². The Kier molecular flexibility index (Phi) is 4.56. The number of nitrogens with one attached hydrogen (secondary N) is 2. The fourth-order valence-electron chi connectivity index (χ4n) is 3.59. The van der Waals surface area contributed by atoms with Crippen molar-refractivity contribution in [3.63, 3.8) is 0 Å². The van der Waals surface area contributed by atoms with E-state index < -0.39 is 0 Å². The molecule has 0 aliphatic heterocycles. The molecule has 0 spiro atoms. The molecule has 7 heteroatoms. The van der Waals surface area contributed by atoms with E-state index in [1.54, 1.807) is 6.07 Å². The summed E-state index contributed by atoms with van der Waals surface area (Å²) in [5.74, 6) is -0.125. The molecule has 0 saturated carbocycles. The molecule has 0 aliphatic carbocycles. The minimum atomic E-state index is -0.125. The normalized spacial score (nSPS) is 11.6. The molecular formula is C20H19BrClN3O2. The summed E-state index contributed by atoms with van der Waals surface area (Å²) >= 11 is 9.73. The summed E-state index contributed by atoms with van der Waals surface area (Å²) in [6.07, 6.45) is 0.701. The lowest BCUT2D eigenvalue weighted by Crippen LogP contribution is -2.27. The maximum Gasteiger partial charge on any atom is 0.268 e. The zero-order valence-electron chi connectivity index (χ0n) is 15.2. The van der Waals surface area contributed by atoms with Gasteiger partial charge in [-0.2, -0.15) is 0 Å². The number of fused-ring (bicyclic) bond motifs is 2. The Labute approximate surface area is 169 Å². The van der Waals surface area contributed by atoms with Gasteiger partial charge in [0.15, 0.2) is 10.3 Å². The highest BCUT2D eigenvalue weighted by Gasteiger charge is 2.17. The number of H-pyrrole nitrogens is 1. The Morgan fingerprint density at radius 3 is 2.85 bits per heavy atom. The molecule has 140 valence electrons. The van der Waals surface area contributed by atoms with Crippen molar-refractivity contribution in [3.8, 4) is 0 Å². The molecule has 5 nitrogen and oxygen atoms in total. The lowest BCUT2D eigenvalue weighted by molar-refractivity contribution is 0.0946. The highest BCUT2D eigenvalue weighted by Crippen LogP contribution is 2.31. The summed E-state index contributed by atoms with van der Waals surface area (Å²) in [7, 11) is 1.85. The Balaban J connectivity index is 1.53. The van der Waals surface area contributed by atoms with E-state index in [1.807, 2.05) is 36.7 Å². The zero-order chi connectivity index (χ0) is 19.3. The number of aromatic amines is 1. The van der Waals surface area contributed by atoms with Crippen LogP contribution in [0.2, 0.25) is 5.02 Å². The van der Waals surface area contributed by atoms with Crippen LogP contribution in [0, 0.1) is 13.8 Å². The van der Waals surface area contributed by atoms with Gasteiger partial charge in [0.25, 0.3) is 5.91 Å². The van der Waals surface area contributed by atoms with Gasteiger partial charge < -0.3 is 19.3 Å². The van der Waals surface area contributed by atoms with Gasteiger partial charge in [0, 0.05) is 36.8 Å². The van der Waals surface area contributed by atoms with Crippen molar-refractivity contribution < 1.29 is 9.21 Å². The van der Waals surface area contributed by atoms with E-state index >= 15 is 0 Å². The van der Waals surface area contributed by atoms with Gasteiger partial charge in [-0.25, -0.2) is 0 Å². The number of carbonyl (C=O) groups is 1. The number of hydrogen-bond donors (Lipinski definition) is 2. The average Bonchev–Trinajstić information content (AvgIpc) is 3.24. The van der Waals surface area contributed by atoms with E-state index in [4.69, 9.17) is 16.0 Å². The van der Waals surface area contributed by atoms with Gasteiger partial charge in [-0.15, -0.1) is 0 Å². The molecule has 0 radical (unpaired) electrons. The van der Waals surface area contributed by atoms with Gasteiger partial charge in [0.05, 0.1) is 16.1 Å². The van der Waals surface area contributed by atoms with Gasteiger partial charge in [0.2, 0.25) is 0 Å². The third-order valence-corrected chi connectivity index (χ3v) is 5.73. The quantitative estimate of drug-likeness (QED) is 0.447. The first-order valence-corrected chi connectivity index (χ1v) is 9.83. The smallest absolute Gasteiger partial charge is 0.268 e. The predicted molar refractivity (Wildman–Crippen MR) is 112 cm³/mol. The lowest BCUT2D eigenvalue weighted by atomic mass is 10.1. The van der Waals surface area contributed by atoms with Crippen LogP contribution in [-0.2, 0) is 13.5 Å².